The zero-order valence-electron chi connectivity index (χ0n) is 9.01. The Hall–Kier alpha value is -0.700. The van der Waals surface area contributed by atoms with Gasteiger partial charge in [-0.25, -0.2) is 4.39 Å². The summed E-state index contributed by atoms with van der Waals surface area (Å²) < 4.78 is 13.6. The fourth-order valence-electron chi connectivity index (χ4n) is 2.28. The second-order valence-corrected chi connectivity index (χ2v) is 5.09. The Morgan fingerprint density at radius 3 is 2.62 bits per heavy atom. The van der Waals surface area contributed by atoms with Crippen molar-refractivity contribution in [2.75, 3.05) is 0 Å². The predicted molar refractivity (Wildman–Crippen MR) is 65.0 cm³/mol. The quantitative estimate of drug-likeness (QED) is 0.738. The van der Waals surface area contributed by atoms with Crippen molar-refractivity contribution >= 4 is 21.7 Å². The highest BCUT2D eigenvalue weighted by atomic mass is 79.9. The van der Waals surface area contributed by atoms with Crippen LogP contribution in [0.15, 0.2) is 22.7 Å². The van der Waals surface area contributed by atoms with Gasteiger partial charge in [0, 0.05) is 11.5 Å². The van der Waals surface area contributed by atoms with Gasteiger partial charge in [-0.1, -0.05) is 31.4 Å². The molecule has 1 aliphatic carbocycles. The molecule has 1 saturated carbocycles. The summed E-state index contributed by atoms with van der Waals surface area (Å²) in [6.07, 6.45) is 5.34. The van der Waals surface area contributed by atoms with Crippen molar-refractivity contribution in [3.8, 4) is 0 Å². The van der Waals surface area contributed by atoms with Crippen LogP contribution in [-0.4, -0.2) is 5.78 Å². The first-order valence-corrected chi connectivity index (χ1v) is 6.47. The lowest BCUT2D eigenvalue weighted by molar-refractivity contribution is 0.0888. The van der Waals surface area contributed by atoms with E-state index in [1.54, 1.807) is 12.1 Å². The lowest BCUT2D eigenvalue weighted by Gasteiger charge is -2.20. The highest BCUT2D eigenvalue weighted by Crippen LogP contribution is 2.30. The number of hydrogen-bond donors (Lipinski definition) is 0. The van der Waals surface area contributed by atoms with Gasteiger partial charge in [0.05, 0.1) is 4.47 Å². The van der Waals surface area contributed by atoms with Gasteiger partial charge >= 0.3 is 0 Å². The minimum Gasteiger partial charge on any atom is -0.294 e. The summed E-state index contributed by atoms with van der Waals surface area (Å²) in [4.78, 5) is 12.2. The van der Waals surface area contributed by atoms with Gasteiger partial charge in [-0.3, -0.25) is 4.79 Å². The second kappa shape index (κ2) is 5.09. The van der Waals surface area contributed by atoms with Crippen LogP contribution in [0.25, 0.3) is 0 Å². The maximum Gasteiger partial charge on any atom is 0.167 e. The molecule has 86 valence electrons. The van der Waals surface area contributed by atoms with Gasteiger partial charge < -0.3 is 0 Å². The molecule has 0 atom stereocenters. The maximum atomic E-state index is 13.3. The average Bonchev–Trinajstić information content (AvgIpc) is 2.33. The third-order valence-corrected chi connectivity index (χ3v) is 4.00. The number of Topliss-reactive ketones (excluding diaryl/α,β-unsaturated/α-hetero) is 1. The molecule has 0 amide bonds. The molecule has 0 bridgehead atoms. The number of carbonyl (C=O) groups is 1. The van der Waals surface area contributed by atoms with Crippen LogP contribution in [0.1, 0.15) is 42.5 Å². The van der Waals surface area contributed by atoms with Gasteiger partial charge in [-0.2, -0.15) is 0 Å². The standard InChI is InChI=1S/C13H14BrFO/c14-12-10(7-4-8-11(12)15)13(16)9-5-2-1-3-6-9/h4,7-9H,1-3,5-6H2. The summed E-state index contributed by atoms with van der Waals surface area (Å²) in [6, 6.07) is 4.65. The normalized spacial score (nSPS) is 17.4. The van der Waals surface area contributed by atoms with Crippen LogP contribution in [-0.2, 0) is 0 Å². The molecule has 16 heavy (non-hydrogen) atoms. The van der Waals surface area contributed by atoms with E-state index < -0.39 is 0 Å². The van der Waals surface area contributed by atoms with Gasteiger partial charge in [0.15, 0.2) is 5.78 Å². The third-order valence-electron chi connectivity index (χ3n) is 3.19. The Morgan fingerprint density at radius 1 is 1.25 bits per heavy atom. The van der Waals surface area contributed by atoms with Crippen LogP contribution < -0.4 is 0 Å². The Morgan fingerprint density at radius 2 is 1.94 bits per heavy atom. The fraction of sp³-hybridized carbons (Fsp3) is 0.462. The second-order valence-electron chi connectivity index (χ2n) is 4.30. The molecule has 1 fully saturated rings. The summed E-state index contributed by atoms with van der Waals surface area (Å²) >= 11 is 3.15. The van der Waals surface area contributed by atoms with Gasteiger partial charge in [0.2, 0.25) is 0 Å². The monoisotopic (exact) mass is 284 g/mol. The van der Waals surface area contributed by atoms with Crippen molar-refractivity contribution in [3.63, 3.8) is 0 Å². The first-order valence-electron chi connectivity index (χ1n) is 5.68. The molecule has 0 spiro atoms. The molecule has 1 aliphatic rings. The topological polar surface area (TPSA) is 17.1 Å². The van der Waals surface area contributed by atoms with E-state index in [-0.39, 0.29) is 17.5 Å². The first-order chi connectivity index (χ1) is 7.70. The van der Waals surface area contributed by atoms with Crippen LogP contribution in [0, 0.1) is 11.7 Å². The lowest BCUT2D eigenvalue weighted by Crippen LogP contribution is -2.18. The number of carbonyl (C=O) groups excluding carboxylic acids is 1. The summed E-state index contributed by atoms with van der Waals surface area (Å²) in [5.41, 5.74) is 0.492. The number of benzene rings is 1. The summed E-state index contributed by atoms with van der Waals surface area (Å²) in [5, 5.41) is 0. The van der Waals surface area contributed by atoms with Gasteiger partial charge in [0.25, 0.3) is 0 Å². The van der Waals surface area contributed by atoms with Crippen molar-refractivity contribution in [2.24, 2.45) is 5.92 Å². The smallest absolute Gasteiger partial charge is 0.167 e. The molecule has 3 heteroatoms. The summed E-state index contributed by atoms with van der Waals surface area (Å²) in [5.74, 6) is -0.181. The Kier molecular flexibility index (Phi) is 3.74. The predicted octanol–water partition coefficient (Wildman–Crippen LogP) is 4.35. The molecule has 1 aromatic carbocycles. The van der Waals surface area contributed by atoms with E-state index in [4.69, 9.17) is 0 Å². The highest BCUT2D eigenvalue weighted by molar-refractivity contribution is 9.10. The van der Waals surface area contributed by atoms with Gasteiger partial charge in [0.1, 0.15) is 5.82 Å². The third kappa shape index (κ3) is 2.34. The summed E-state index contributed by atoms with van der Waals surface area (Å²) in [6.45, 7) is 0. The summed E-state index contributed by atoms with van der Waals surface area (Å²) in [7, 11) is 0. The number of hydrogen-bond acceptors (Lipinski definition) is 1. The van der Waals surface area contributed by atoms with Gasteiger partial charge in [-0.15, -0.1) is 0 Å². The first kappa shape index (κ1) is 11.8. The number of ketones is 1. The molecular formula is C13H14BrFO. The number of rotatable bonds is 2. The van der Waals surface area contributed by atoms with Crippen molar-refractivity contribution < 1.29 is 9.18 Å². The zero-order chi connectivity index (χ0) is 11.5. The molecule has 0 aliphatic heterocycles. The zero-order valence-corrected chi connectivity index (χ0v) is 10.6. The lowest BCUT2D eigenvalue weighted by atomic mass is 9.84. The van der Waals surface area contributed by atoms with E-state index in [1.165, 1.54) is 12.5 Å². The van der Waals surface area contributed by atoms with Gasteiger partial charge in [-0.05, 0) is 34.8 Å². The Balaban J connectivity index is 2.22. The van der Waals surface area contributed by atoms with Crippen molar-refractivity contribution in [1.82, 2.24) is 0 Å². The molecule has 0 aromatic heterocycles. The van der Waals surface area contributed by atoms with E-state index in [9.17, 15) is 9.18 Å². The van der Waals surface area contributed by atoms with Crippen molar-refractivity contribution in [1.29, 1.82) is 0 Å². The van der Waals surface area contributed by atoms with E-state index in [2.05, 4.69) is 15.9 Å². The van der Waals surface area contributed by atoms with E-state index in [1.807, 2.05) is 0 Å². The highest BCUT2D eigenvalue weighted by Gasteiger charge is 2.24. The maximum absolute atomic E-state index is 13.3. The minimum atomic E-state index is -0.360. The van der Waals surface area contributed by atoms with Crippen LogP contribution in [0.3, 0.4) is 0 Å². The Bertz CT molecular complexity index is 397. The fourth-order valence-corrected chi connectivity index (χ4v) is 2.74. The molecule has 0 saturated heterocycles. The largest absolute Gasteiger partial charge is 0.294 e. The SMILES string of the molecule is O=C(c1cccc(F)c1Br)C1CCCCC1. The Labute approximate surface area is 103 Å². The van der Waals surface area contributed by atoms with Crippen LogP contribution >= 0.6 is 15.9 Å². The van der Waals surface area contributed by atoms with E-state index in [0.717, 1.165) is 25.7 Å². The average molecular weight is 285 g/mol. The van der Waals surface area contributed by atoms with Crippen LogP contribution in [0.4, 0.5) is 4.39 Å². The molecule has 2 rings (SSSR count). The van der Waals surface area contributed by atoms with Crippen molar-refractivity contribution in [2.45, 2.75) is 32.1 Å². The molecule has 0 radical (unpaired) electrons. The van der Waals surface area contributed by atoms with Crippen LogP contribution in [0.5, 0.6) is 0 Å². The number of halogens is 2. The molecule has 1 nitrogen and oxygen atoms in total. The molecule has 0 unspecified atom stereocenters. The molecular weight excluding hydrogens is 271 g/mol. The van der Waals surface area contributed by atoms with E-state index >= 15 is 0 Å². The van der Waals surface area contributed by atoms with Crippen molar-refractivity contribution in [3.05, 3.63) is 34.1 Å². The molecule has 1 aromatic rings. The minimum absolute atomic E-state index is 0.0890. The van der Waals surface area contributed by atoms with E-state index in [0.29, 0.717) is 10.0 Å². The molecule has 0 heterocycles. The van der Waals surface area contributed by atoms with Crippen LogP contribution in [0.2, 0.25) is 0 Å². The molecule has 0 N–H and O–H groups in total.